The number of ether oxygens (including phenoxy) is 1. The number of hydrogen-bond acceptors (Lipinski definition) is 9. The second kappa shape index (κ2) is 12.2. The molecular formula is C28H35N9O4. The number of carbonyl (C=O) groups excluding carboxylic acids is 3. The Morgan fingerprint density at radius 1 is 1.20 bits per heavy atom. The van der Waals surface area contributed by atoms with Crippen molar-refractivity contribution in [3.05, 3.63) is 42.5 Å². The Hall–Kier alpha value is -4.73. The Bertz CT molecular complexity index is 1460. The van der Waals surface area contributed by atoms with Gasteiger partial charge in [-0.3, -0.25) is 14.7 Å². The Balaban J connectivity index is 1.44. The summed E-state index contributed by atoms with van der Waals surface area (Å²) in [6, 6.07) is 6.65. The number of nitriles is 1. The molecule has 2 N–H and O–H groups in total. The third kappa shape index (κ3) is 7.08. The average molecular weight is 562 g/mol. The quantitative estimate of drug-likeness (QED) is 0.459. The van der Waals surface area contributed by atoms with Gasteiger partial charge in [-0.05, 0) is 50.8 Å². The lowest BCUT2D eigenvalue weighted by molar-refractivity contribution is -0.131. The van der Waals surface area contributed by atoms with Gasteiger partial charge in [-0.2, -0.15) is 5.26 Å². The van der Waals surface area contributed by atoms with E-state index in [0.29, 0.717) is 35.8 Å². The molecule has 13 nitrogen and oxygen atoms in total. The predicted octanol–water partition coefficient (Wildman–Crippen LogP) is 3.52. The van der Waals surface area contributed by atoms with Gasteiger partial charge in [0, 0.05) is 39.1 Å². The Morgan fingerprint density at radius 2 is 1.98 bits per heavy atom. The summed E-state index contributed by atoms with van der Waals surface area (Å²) in [5.41, 5.74) is 0.582. The highest BCUT2D eigenvalue weighted by atomic mass is 16.6. The molecule has 13 heteroatoms. The Kier molecular flexibility index (Phi) is 8.71. The summed E-state index contributed by atoms with van der Waals surface area (Å²) in [5.74, 6) is 1.10. The number of amides is 3. The van der Waals surface area contributed by atoms with Gasteiger partial charge in [0.1, 0.15) is 30.0 Å². The smallest absolute Gasteiger partial charge is 0.407 e. The van der Waals surface area contributed by atoms with Gasteiger partial charge in [0.15, 0.2) is 5.65 Å². The molecule has 1 aliphatic rings. The fourth-order valence-electron chi connectivity index (χ4n) is 4.76. The van der Waals surface area contributed by atoms with E-state index in [4.69, 9.17) is 10.00 Å². The van der Waals surface area contributed by atoms with Crippen molar-refractivity contribution < 1.29 is 19.1 Å². The van der Waals surface area contributed by atoms with Crippen LogP contribution in [0.3, 0.4) is 0 Å². The molecule has 3 amide bonds. The second-order valence-electron chi connectivity index (χ2n) is 11.1. The van der Waals surface area contributed by atoms with Crippen LogP contribution in [0.4, 0.5) is 21.2 Å². The first-order valence-electron chi connectivity index (χ1n) is 13.4. The van der Waals surface area contributed by atoms with E-state index in [1.807, 2.05) is 18.0 Å². The number of aromatic nitrogens is 4. The van der Waals surface area contributed by atoms with Crippen LogP contribution in [0.5, 0.6) is 0 Å². The van der Waals surface area contributed by atoms with Gasteiger partial charge in [0.25, 0.3) is 0 Å². The number of hydrogen-bond donors (Lipinski definition) is 2. The minimum atomic E-state index is -0.589. The summed E-state index contributed by atoms with van der Waals surface area (Å²) in [4.78, 5) is 54.2. The molecule has 0 aliphatic carbocycles. The topological polar surface area (TPSA) is 158 Å². The molecule has 1 fully saturated rings. The fraction of sp³-hybridized carbons (Fsp3) is 0.464. The van der Waals surface area contributed by atoms with Crippen LogP contribution in [0.15, 0.2) is 36.9 Å². The molecular weight excluding hydrogens is 526 g/mol. The minimum absolute atomic E-state index is 0.0193. The van der Waals surface area contributed by atoms with E-state index in [1.54, 1.807) is 56.3 Å². The molecule has 4 rings (SSSR count). The summed E-state index contributed by atoms with van der Waals surface area (Å²) in [5, 5.41) is 15.1. The number of nitrogens with zero attached hydrogens (tertiary/aromatic N) is 7. The van der Waals surface area contributed by atoms with Crippen LogP contribution in [0, 0.1) is 17.2 Å². The zero-order valence-electron chi connectivity index (χ0n) is 23.9. The van der Waals surface area contributed by atoms with Crippen molar-refractivity contribution in [2.24, 2.45) is 5.92 Å². The molecule has 3 aromatic heterocycles. The van der Waals surface area contributed by atoms with Crippen LogP contribution in [-0.4, -0.2) is 74.2 Å². The third-order valence-corrected chi connectivity index (χ3v) is 6.91. The first kappa shape index (κ1) is 29.3. The number of carbonyl (C=O) groups is 3. The number of fused-ring (bicyclic) bond motifs is 1. The maximum atomic E-state index is 13.1. The van der Waals surface area contributed by atoms with Crippen LogP contribution in [0.2, 0.25) is 0 Å². The van der Waals surface area contributed by atoms with Gasteiger partial charge < -0.3 is 19.9 Å². The molecule has 2 atom stereocenters. The lowest BCUT2D eigenvalue weighted by Gasteiger charge is -2.42. The summed E-state index contributed by atoms with van der Waals surface area (Å²) in [7, 11) is 1.92. The number of nitrogens with one attached hydrogen (secondary N) is 2. The van der Waals surface area contributed by atoms with Gasteiger partial charge in [0.2, 0.25) is 5.91 Å². The lowest BCUT2D eigenvalue weighted by atomic mass is 9.92. The standard InChI is InChI=1S/C28H35N9O4/c1-18-9-12-36(23(38)8-11-29)16-21(18)35(5)24-20-10-13-37(25(20)33-17-32-24)26(39)34-22-7-6-19(14-30-22)15-31-27(40)41-28(2,3)4/h6-7,10,13-14,17-18,21H,8-9,12,15-16H2,1-5H3,(H,31,40)(H,30,34,39)/t18-,21+/m1/s1. The van der Waals surface area contributed by atoms with Gasteiger partial charge in [-0.15, -0.1) is 0 Å². The summed E-state index contributed by atoms with van der Waals surface area (Å²) in [6.07, 6.45) is 4.75. The van der Waals surface area contributed by atoms with E-state index in [2.05, 4.69) is 32.5 Å². The highest BCUT2D eigenvalue weighted by Crippen LogP contribution is 2.29. The van der Waals surface area contributed by atoms with E-state index in [1.165, 1.54) is 10.9 Å². The Morgan fingerprint density at radius 3 is 2.66 bits per heavy atom. The van der Waals surface area contributed by atoms with Crippen LogP contribution in [0.25, 0.3) is 11.0 Å². The molecule has 0 spiro atoms. The number of piperidine rings is 1. The third-order valence-electron chi connectivity index (χ3n) is 6.91. The van der Waals surface area contributed by atoms with E-state index in [-0.39, 0.29) is 30.8 Å². The molecule has 4 heterocycles. The molecule has 0 aromatic carbocycles. The van der Waals surface area contributed by atoms with Crippen molar-refractivity contribution in [1.29, 1.82) is 5.26 Å². The zero-order chi connectivity index (χ0) is 29.7. The predicted molar refractivity (Wildman–Crippen MR) is 152 cm³/mol. The van der Waals surface area contributed by atoms with Crippen LogP contribution < -0.4 is 15.5 Å². The fourth-order valence-corrected chi connectivity index (χ4v) is 4.76. The normalized spacial score (nSPS) is 17.0. The molecule has 0 unspecified atom stereocenters. The van der Waals surface area contributed by atoms with Gasteiger partial charge in [-0.25, -0.2) is 24.5 Å². The maximum absolute atomic E-state index is 13.1. The summed E-state index contributed by atoms with van der Waals surface area (Å²) < 4.78 is 6.62. The van der Waals surface area contributed by atoms with Crippen LogP contribution in [-0.2, 0) is 16.1 Å². The summed E-state index contributed by atoms with van der Waals surface area (Å²) >= 11 is 0. The molecule has 41 heavy (non-hydrogen) atoms. The number of likely N-dealkylation sites (N-methyl/N-ethyl adjacent to an activating group) is 1. The number of alkyl carbamates (subject to hydrolysis) is 1. The molecule has 3 aromatic rings. The van der Waals surface area contributed by atoms with Crippen molar-refractivity contribution in [2.75, 3.05) is 30.4 Å². The molecule has 1 saturated heterocycles. The second-order valence-corrected chi connectivity index (χ2v) is 11.1. The van der Waals surface area contributed by atoms with Crippen molar-refractivity contribution >= 4 is 40.7 Å². The highest BCUT2D eigenvalue weighted by Gasteiger charge is 2.33. The largest absolute Gasteiger partial charge is 0.444 e. The van der Waals surface area contributed by atoms with E-state index < -0.39 is 17.7 Å². The number of rotatable bonds is 6. The highest BCUT2D eigenvalue weighted by molar-refractivity contribution is 5.99. The van der Waals surface area contributed by atoms with Crippen LogP contribution in [0.1, 0.15) is 46.1 Å². The van der Waals surface area contributed by atoms with Gasteiger partial charge >= 0.3 is 12.1 Å². The van der Waals surface area contributed by atoms with Crippen molar-refractivity contribution in [1.82, 2.24) is 29.7 Å². The van der Waals surface area contributed by atoms with Crippen molar-refractivity contribution in [2.45, 2.75) is 58.7 Å². The maximum Gasteiger partial charge on any atom is 0.407 e. The van der Waals surface area contributed by atoms with E-state index in [0.717, 1.165) is 12.0 Å². The van der Waals surface area contributed by atoms with Crippen LogP contribution >= 0.6 is 0 Å². The molecule has 216 valence electrons. The van der Waals surface area contributed by atoms with E-state index >= 15 is 0 Å². The number of likely N-dealkylation sites (tertiary alicyclic amines) is 1. The molecule has 1 aliphatic heterocycles. The summed E-state index contributed by atoms with van der Waals surface area (Å²) in [6.45, 7) is 8.84. The number of anilines is 2. The lowest BCUT2D eigenvalue weighted by Crippen LogP contribution is -2.52. The number of pyridine rings is 1. The monoisotopic (exact) mass is 561 g/mol. The van der Waals surface area contributed by atoms with E-state index in [9.17, 15) is 14.4 Å². The molecule has 0 bridgehead atoms. The van der Waals surface area contributed by atoms with Gasteiger partial charge in [-0.1, -0.05) is 13.0 Å². The Labute approximate surface area is 238 Å². The van der Waals surface area contributed by atoms with Gasteiger partial charge in [0.05, 0.1) is 17.5 Å². The molecule has 0 saturated carbocycles. The SMILES string of the molecule is C[C@@H]1CCN(C(=O)CC#N)C[C@@H]1N(C)c1ncnc2c1ccn2C(=O)Nc1ccc(CNC(=O)OC(C)(C)C)cn1. The zero-order valence-corrected chi connectivity index (χ0v) is 23.9. The minimum Gasteiger partial charge on any atom is -0.444 e. The average Bonchev–Trinajstić information content (AvgIpc) is 3.36. The molecule has 0 radical (unpaired) electrons. The van der Waals surface area contributed by atoms with Crippen molar-refractivity contribution in [3.8, 4) is 6.07 Å². The first-order chi connectivity index (χ1) is 19.5. The first-order valence-corrected chi connectivity index (χ1v) is 13.4. The van der Waals surface area contributed by atoms with Crippen molar-refractivity contribution in [3.63, 3.8) is 0 Å².